The maximum absolute atomic E-state index is 12.8. The van der Waals surface area contributed by atoms with E-state index in [9.17, 15) is 14.7 Å². The van der Waals surface area contributed by atoms with Crippen LogP contribution in [0, 0.1) is 5.92 Å². The van der Waals surface area contributed by atoms with Crippen molar-refractivity contribution < 1.29 is 19.4 Å². The van der Waals surface area contributed by atoms with Gasteiger partial charge >= 0.3 is 11.9 Å². The first-order valence-electron chi connectivity index (χ1n) is 12.1. The highest BCUT2D eigenvalue weighted by Gasteiger charge is 2.26. The van der Waals surface area contributed by atoms with Crippen molar-refractivity contribution in [1.82, 2.24) is 0 Å². The topological polar surface area (TPSA) is 63.6 Å². The molecule has 0 aliphatic rings. The van der Waals surface area contributed by atoms with E-state index in [1.807, 2.05) is 0 Å². The fraction of sp³-hybridized carbons (Fsp3) is 0.692. The molecule has 30 heavy (non-hydrogen) atoms. The Morgan fingerprint density at radius 3 is 1.93 bits per heavy atom. The van der Waals surface area contributed by atoms with Gasteiger partial charge in [-0.1, -0.05) is 90.7 Å². The second kappa shape index (κ2) is 15.9. The van der Waals surface area contributed by atoms with Crippen molar-refractivity contribution >= 4 is 11.9 Å². The molecule has 4 nitrogen and oxygen atoms in total. The average molecular weight is 419 g/mol. The molecule has 1 N–H and O–H groups in total. The van der Waals surface area contributed by atoms with Gasteiger partial charge in [0.25, 0.3) is 0 Å². The molecule has 2 atom stereocenters. The van der Waals surface area contributed by atoms with Crippen LogP contribution in [-0.4, -0.2) is 23.1 Å². The van der Waals surface area contributed by atoms with Crippen LogP contribution in [-0.2, 0) is 4.74 Å². The molecular weight excluding hydrogens is 376 g/mol. The van der Waals surface area contributed by atoms with E-state index >= 15 is 0 Å². The highest BCUT2D eigenvalue weighted by atomic mass is 16.5. The number of carbonyl (C=O) groups excluding carboxylic acids is 1. The van der Waals surface area contributed by atoms with Crippen molar-refractivity contribution in [2.75, 3.05) is 0 Å². The van der Waals surface area contributed by atoms with Crippen molar-refractivity contribution in [3.8, 4) is 0 Å². The average Bonchev–Trinajstić information content (AvgIpc) is 2.75. The molecule has 0 aromatic heterocycles. The molecule has 0 spiro atoms. The van der Waals surface area contributed by atoms with Gasteiger partial charge in [0.05, 0.1) is 11.1 Å². The quantitative estimate of drug-likeness (QED) is 0.208. The lowest BCUT2D eigenvalue weighted by Gasteiger charge is -2.27. The Morgan fingerprint density at radius 2 is 1.37 bits per heavy atom. The Bertz CT molecular complexity index is 611. The van der Waals surface area contributed by atoms with E-state index in [1.54, 1.807) is 18.2 Å². The van der Waals surface area contributed by atoms with Gasteiger partial charge in [0.15, 0.2) is 0 Å². The van der Waals surface area contributed by atoms with Gasteiger partial charge in [-0.05, 0) is 43.7 Å². The first kappa shape index (κ1) is 26.2. The minimum Gasteiger partial charge on any atom is -0.478 e. The van der Waals surface area contributed by atoms with E-state index in [-0.39, 0.29) is 17.2 Å². The van der Waals surface area contributed by atoms with E-state index in [0.29, 0.717) is 5.92 Å². The van der Waals surface area contributed by atoms with Crippen molar-refractivity contribution in [2.45, 2.75) is 110 Å². The zero-order valence-corrected chi connectivity index (χ0v) is 19.3. The normalized spacial score (nSPS) is 13.0. The molecule has 0 saturated heterocycles. The van der Waals surface area contributed by atoms with Crippen LogP contribution in [0.2, 0.25) is 0 Å². The number of esters is 1. The monoisotopic (exact) mass is 418 g/mol. The maximum Gasteiger partial charge on any atom is 0.339 e. The number of carbonyl (C=O) groups is 2. The van der Waals surface area contributed by atoms with E-state index in [2.05, 4.69) is 20.8 Å². The largest absolute Gasteiger partial charge is 0.478 e. The number of carboxylic acids is 1. The summed E-state index contributed by atoms with van der Waals surface area (Å²) in [6, 6.07) is 6.33. The van der Waals surface area contributed by atoms with E-state index in [0.717, 1.165) is 44.9 Å². The summed E-state index contributed by atoms with van der Waals surface area (Å²) in [5.74, 6) is -1.27. The van der Waals surface area contributed by atoms with Crippen LogP contribution in [0.3, 0.4) is 0 Å². The summed E-state index contributed by atoms with van der Waals surface area (Å²) in [7, 11) is 0. The van der Waals surface area contributed by atoms with Crippen LogP contribution in [0.1, 0.15) is 125 Å². The second-order valence-corrected chi connectivity index (χ2v) is 8.37. The zero-order valence-electron chi connectivity index (χ0n) is 19.3. The summed E-state index contributed by atoms with van der Waals surface area (Å²) in [5, 5.41) is 9.39. The highest BCUT2D eigenvalue weighted by Crippen LogP contribution is 2.26. The molecule has 0 heterocycles. The van der Waals surface area contributed by atoms with E-state index in [4.69, 9.17) is 4.74 Å². The molecule has 0 aliphatic carbocycles. The van der Waals surface area contributed by atoms with Gasteiger partial charge in [0.1, 0.15) is 6.10 Å². The lowest BCUT2D eigenvalue weighted by Crippen LogP contribution is -2.28. The summed E-state index contributed by atoms with van der Waals surface area (Å²) in [6.07, 6.45) is 14.9. The predicted molar refractivity (Wildman–Crippen MR) is 123 cm³/mol. The maximum atomic E-state index is 12.8. The smallest absolute Gasteiger partial charge is 0.339 e. The molecule has 0 radical (unpaired) electrons. The van der Waals surface area contributed by atoms with Crippen molar-refractivity contribution in [2.24, 2.45) is 5.92 Å². The first-order valence-corrected chi connectivity index (χ1v) is 12.1. The molecule has 0 bridgehead atoms. The molecule has 0 aliphatic heterocycles. The van der Waals surface area contributed by atoms with Gasteiger partial charge in [0, 0.05) is 0 Å². The molecule has 2 unspecified atom stereocenters. The fourth-order valence-corrected chi connectivity index (χ4v) is 4.04. The molecule has 0 amide bonds. The number of rotatable bonds is 17. The third-order valence-corrected chi connectivity index (χ3v) is 5.96. The third kappa shape index (κ3) is 9.77. The Labute approximate surface area is 183 Å². The minimum absolute atomic E-state index is 0.00920. The van der Waals surface area contributed by atoms with Gasteiger partial charge in [0.2, 0.25) is 0 Å². The number of unbranched alkanes of at least 4 members (excludes halogenated alkanes) is 8. The van der Waals surface area contributed by atoms with Crippen LogP contribution in [0.4, 0.5) is 0 Å². The number of aromatic carboxylic acids is 1. The summed E-state index contributed by atoms with van der Waals surface area (Å²) in [5.41, 5.74) is 0.159. The number of ether oxygens (including phenoxy) is 1. The zero-order chi connectivity index (χ0) is 22.2. The van der Waals surface area contributed by atoms with Gasteiger partial charge in [-0.3, -0.25) is 0 Å². The SMILES string of the molecule is CCCCCCCCCCC(OC(=O)c1ccccc1C(=O)O)C(CC)CCCC. The van der Waals surface area contributed by atoms with Gasteiger partial charge < -0.3 is 9.84 Å². The molecule has 0 saturated carbocycles. The fourth-order valence-electron chi connectivity index (χ4n) is 4.04. The lowest BCUT2D eigenvalue weighted by atomic mass is 9.89. The van der Waals surface area contributed by atoms with Gasteiger partial charge in [-0.25, -0.2) is 9.59 Å². The van der Waals surface area contributed by atoms with Crippen molar-refractivity contribution in [1.29, 1.82) is 0 Å². The molecule has 1 rings (SSSR count). The standard InChI is InChI=1S/C26H42O4/c1-4-7-9-10-11-12-13-14-20-24(21(6-3)17-8-5-2)30-26(29)23-19-16-15-18-22(23)25(27)28/h15-16,18-19,21,24H,4-14,17,20H2,1-3H3,(H,27,28). The van der Waals surface area contributed by atoms with Crippen LogP contribution in [0.15, 0.2) is 24.3 Å². The number of hydrogen-bond donors (Lipinski definition) is 1. The minimum atomic E-state index is -1.10. The Balaban J connectivity index is 2.69. The summed E-state index contributed by atoms with van der Waals surface area (Å²) in [6.45, 7) is 6.56. The van der Waals surface area contributed by atoms with Crippen LogP contribution in [0.5, 0.6) is 0 Å². The van der Waals surface area contributed by atoms with Crippen molar-refractivity contribution in [3.63, 3.8) is 0 Å². The summed E-state index contributed by atoms with van der Waals surface area (Å²) < 4.78 is 5.93. The summed E-state index contributed by atoms with van der Waals surface area (Å²) >= 11 is 0. The molecule has 1 aromatic carbocycles. The van der Waals surface area contributed by atoms with Crippen LogP contribution >= 0.6 is 0 Å². The Hall–Kier alpha value is -1.84. The second-order valence-electron chi connectivity index (χ2n) is 8.37. The lowest BCUT2D eigenvalue weighted by molar-refractivity contribution is 0.00744. The van der Waals surface area contributed by atoms with Crippen molar-refractivity contribution in [3.05, 3.63) is 35.4 Å². The third-order valence-electron chi connectivity index (χ3n) is 5.96. The molecule has 4 heteroatoms. The predicted octanol–water partition coefficient (Wildman–Crippen LogP) is 7.66. The first-order chi connectivity index (χ1) is 14.5. The van der Waals surface area contributed by atoms with E-state index in [1.165, 1.54) is 44.6 Å². The summed E-state index contributed by atoms with van der Waals surface area (Å²) in [4.78, 5) is 24.3. The van der Waals surface area contributed by atoms with Crippen LogP contribution in [0.25, 0.3) is 0 Å². The van der Waals surface area contributed by atoms with Gasteiger partial charge in [-0.15, -0.1) is 0 Å². The van der Waals surface area contributed by atoms with E-state index < -0.39 is 11.9 Å². The molecule has 0 fully saturated rings. The highest BCUT2D eigenvalue weighted by molar-refractivity contribution is 6.02. The Morgan fingerprint density at radius 1 is 0.800 bits per heavy atom. The molecular formula is C26H42O4. The number of hydrogen-bond acceptors (Lipinski definition) is 3. The Kier molecular flexibility index (Phi) is 13.9. The van der Waals surface area contributed by atoms with Crippen LogP contribution < -0.4 is 0 Å². The molecule has 1 aromatic rings. The van der Waals surface area contributed by atoms with Gasteiger partial charge in [-0.2, -0.15) is 0 Å². The number of carboxylic acid groups (broad SMARTS) is 1. The number of benzene rings is 1. The molecule has 170 valence electrons.